The molecule has 0 aromatic carbocycles. The van der Waals surface area contributed by atoms with E-state index in [4.69, 9.17) is 9.47 Å². The van der Waals surface area contributed by atoms with Crippen LogP contribution in [0.4, 0.5) is 0 Å². The summed E-state index contributed by atoms with van der Waals surface area (Å²) >= 11 is 0. The van der Waals surface area contributed by atoms with E-state index in [2.05, 4.69) is 0 Å². The number of rotatable bonds is 3. The van der Waals surface area contributed by atoms with Crippen LogP contribution in [0.1, 0.15) is 6.42 Å². The first-order valence-electron chi connectivity index (χ1n) is 2.89. The van der Waals surface area contributed by atoms with E-state index < -0.39 is 0 Å². The summed E-state index contributed by atoms with van der Waals surface area (Å²) in [7, 11) is 1.60. The van der Waals surface area contributed by atoms with Crippen molar-refractivity contribution in [2.24, 2.45) is 0 Å². The van der Waals surface area contributed by atoms with Gasteiger partial charge in [-0.15, -0.1) is 0 Å². The molecule has 0 bridgehead atoms. The van der Waals surface area contributed by atoms with E-state index in [-0.39, 0.29) is 5.60 Å². The third-order valence-electron chi connectivity index (χ3n) is 1.62. The van der Waals surface area contributed by atoms with E-state index in [1.54, 1.807) is 7.11 Å². The second kappa shape index (κ2) is 2.45. The topological polar surface area (TPSA) is 35.5 Å². The molecule has 1 heterocycles. The Kier molecular flexibility index (Phi) is 1.83. The second-order valence-electron chi connectivity index (χ2n) is 2.25. The molecule has 0 aromatic rings. The van der Waals surface area contributed by atoms with Gasteiger partial charge in [0.1, 0.15) is 11.9 Å². The van der Waals surface area contributed by atoms with Gasteiger partial charge in [-0.2, -0.15) is 0 Å². The number of ether oxygens (including phenoxy) is 2. The summed E-state index contributed by atoms with van der Waals surface area (Å²) in [5.74, 6) is 0. The fraction of sp³-hybridized carbons (Fsp3) is 0.833. The number of methoxy groups -OCH3 is 1. The summed E-state index contributed by atoms with van der Waals surface area (Å²) in [5, 5.41) is 0. The van der Waals surface area contributed by atoms with Crippen LogP contribution in [0.5, 0.6) is 0 Å². The van der Waals surface area contributed by atoms with Crippen molar-refractivity contribution in [3.05, 3.63) is 0 Å². The van der Waals surface area contributed by atoms with Gasteiger partial charge in [0.15, 0.2) is 0 Å². The Bertz CT molecular complexity index is 101. The molecule has 1 fully saturated rings. The van der Waals surface area contributed by atoms with E-state index in [0.717, 1.165) is 6.29 Å². The molecule has 0 radical (unpaired) electrons. The molecule has 1 aliphatic rings. The van der Waals surface area contributed by atoms with Crippen molar-refractivity contribution in [1.82, 2.24) is 0 Å². The van der Waals surface area contributed by atoms with Crippen molar-refractivity contribution in [3.8, 4) is 0 Å². The monoisotopic (exact) mass is 130 g/mol. The van der Waals surface area contributed by atoms with Gasteiger partial charge < -0.3 is 14.3 Å². The third-order valence-corrected chi connectivity index (χ3v) is 1.62. The average Bonchev–Trinajstić information content (AvgIpc) is 1.79. The first-order chi connectivity index (χ1) is 4.33. The molecule has 0 N–H and O–H groups in total. The molecule has 0 saturated carbocycles. The Hall–Kier alpha value is -0.410. The van der Waals surface area contributed by atoms with E-state index in [1.807, 2.05) is 0 Å². The number of carbonyl (C=O) groups excluding carboxylic acids is 1. The van der Waals surface area contributed by atoms with Gasteiger partial charge in [0.2, 0.25) is 0 Å². The highest BCUT2D eigenvalue weighted by molar-refractivity contribution is 5.51. The molecule has 0 amide bonds. The van der Waals surface area contributed by atoms with E-state index in [9.17, 15) is 4.79 Å². The van der Waals surface area contributed by atoms with Crippen LogP contribution >= 0.6 is 0 Å². The Morgan fingerprint density at radius 3 is 2.56 bits per heavy atom. The van der Waals surface area contributed by atoms with Crippen molar-refractivity contribution in [2.45, 2.75) is 12.0 Å². The van der Waals surface area contributed by atoms with Gasteiger partial charge in [0.05, 0.1) is 13.2 Å². The van der Waals surface area contributed by atoms with Crippen LogP contribution in [0.3, 0.4) is 0 Å². The molecular formula is C6H10O3. The van der Waals surface area contributed by atoms with Crippen LogP contribution < -0.4 is 0 Å². The second-order valence-corrected chi connectivity index (χ2v) is 2.25. The van der Waals surface area contributed by atoms with Crippen LogP contribution in [-0.2, 0) is 14.3 Å². The molecular weight excluding hydrogens is 120 g/mol. The van der Waals surface area contributed by atoms with Crippen molar-refractivity contribution >= 4 is 6.29 Å². The van der Waals surface area contributed by atoms with Crippen LogP contribution in [0, 0.1) is 0 Å². The van der Waals surface area contributed by atoms with Crippen LogP contribution in [0.2, 0.25) is 0 Å². The molecule has 1 aliphatic heterocycles. The zero-order valence-corrected chi connectivity index (χ0v) is 5.42. The first-order valence-corrected chi connectivity index (χ1v) is 2.89. The molecule has 0 aliphatic carbocycles. The summed E-state index contributed by atoms with van der Waals surface area (Å²) in [6, 6.07) is 0. The van der Waals surface area contributed by atoms with Crippen molar-refractivity contribution in [1.29, 1.82) is 0 Å². The summed E-state index contributed by atoms with van der Waals surface area (Å²) in [6.45, 7) is 1.12. The van der Waals surface area contributed by atoms with E-state index >= 15 is 0 Å². The molecule has 3 nitrogen and oxygen atoms in total. The van der Waals surface area contributed by atoms with Gasteiger partial charge in [-0.1, -0.05) is 0 Å². The normalized spacial score (nSPS) is 22.8. The lowest BCUT2D eigenvalue weighted by molar-refractivity contribution is -0.196. The summed E-state index contributed by atoms with van der Waals surface area (Å²) in [5.41, 5.74) is -0.276. The molecule has 0 unspecified atom stereocenters. The summed E-state index contributed by atoms with van der Waals surface area (Å²) in [4.78, 5) is 10.0. The summed E-state index contributed by atoms with van der Waals surface area (Å²) in [6.07, 6.45) is 1.31. The Morgan fingerprint density at radius 1 is 1.78 bits per heavy atom. The van der Waals surface area contributed by atoms with Gasteiger partial charge >= 0.3 is 0 Å². The van der Waals surface area contributed by atoms with Crippen LogP contribution in [0.25, 0.3) is 0 Å². The minimum Gasteiger partial charge on any atom is -0.375 e. The summed E-state index contributed by atoms with van der Waals surface area (Å²) < 4.78 is 9.96. The van der Waals surface area contributed by atoms with Crippen LogP contribution in [-0.4, -0.2) is 32.2 Å². The molecule has 0 spiro atoms. The molecule has 52 valence electrons. The quantitative estimate of drug-likeness (QED) is 0.504. The zero-order chi connectivity index (χ0) is 6.74. The molecule has 3 heteroatoms. The minimum absolute atomic E-state index is 0.276. The smallest absolute Gasteiger partial charge is 0.123 e. The largest absolute Gasteiger partial charge is 0.375 e. The van der Waals surface area contributed by atoms with E-state index in [0.29, 0.717) is 19.6 Å². The standard InChI is InChI=1S/C6H10O3/c1-8-6(2-3-7)4-9-5-6/h3H,2,4-5H2,1H3. The molecule has 1 saturated heterocycles. The van der Waals surface area contributed by atoms with E-state index in [1.165, 1.54) is 0 Å². The minimum atomic E-state index is -0.276. The predicted molar refractivity (Wildman–Crippen MR) is 31.2 cm³/mol. The SMILES string of the molecule is COC1(CC=O)COC1. The zero-order valence-electron chi connectivity index (χ0n) is 5.42. The Balaban J connectivity index is 2.36. The molecule has 1 rings (SSSR count). The maximum absolute atomic E-state index is 10.0. The average molecular weight is 130 g/mol. The lowest BCUT2D eigenvalue weighted by atomic mass is 9.99. The van der Waals surface area contributed by atoms with Crippen LogP contribution in [0.15, 0.2) is 0 Å². The predicted octanol–water partition coefficient (Wildman–Crippen LogP) is -0.00920. The maximum Gasteiger partial charge on any atom is 0.123 e. The van der Waals surface area contributed by atoms with Crippen molar-refractivity contribution < 1.29 is 14.3 Å². The lowest BCUT2D eigenvalue weighted by Crippen LogP contribution is -2.51. The highest BCUT2D eigenvalue weighted by Crippen LogP contribution is 2.23. The highest BCUT2D eigenvalue weighted by Gasteiger charge is 2.37. The Morgan fingerprint density at radius 2 is 2.44 bits per heavy atom. The Labute approximate surface area is 53.9 Å². The fourth-order valence-corrected chi connectivity index (χ4v) is 0.801. The van der Waals surface area contributed by atoms with Crippen molar-refractivity contribution in [3.63, 3.8) is 0 Å². The molecule has 0 aromatic heterocycles. The van der Waals surface area contributed by atoms with Gasteiger partial charge in [-0.25, -0.2) is 0 Å². The first kappa shape index (κ1) is 6.71. The number of hydrogen-bond donors (Lipinski definition) is 0. The third kappa shape index (κ3) is 1.11. The number of carbonyl (C=O) groups is 1. The van der Waals surface area contributed by atoms with Crippen molar-refractivity contribution in [2.75, 3.05) is 20.3 Å². The number of hydrogen-bond acceptors (Lipinski definition) is 3. The number of aldehydes is 1. The maximum atomic E-state index is 10.0. The highest BCUT2D eigenvalue weighted by atomic mass is 16.6. The molecule has 0 atom stereocenters. The van der Waals surface area contributed by atoms with Gasteiger partial charge in [0.25, 0.3) is 0 Å². The van der Waals surface area contributed by atoms with Gasteiger partial charge in [0, 0.05) is 13.5 Å². The molecule has 9 heavy (non-hydrogen) atoms. The van der Waals surface area contributed by atoms with Gasteiger partial charge in [-0.3, -0.25) is 0 Å². The fourth-order valence-electron chi connectivity index (χ4n) is 0.801. The lowest BCUT2D eigenvalue weighted by Gasteiger charge is -2.38. The van der Waals surface area contributed by atoms with Gasteiger partial charge in [-0.05, 0) is 0 Å².